The van der Waals surface area contributed by atoms with Crippen LogP contribution in [-0.2, 0) is 61.4 Å². The third-order valence-electron chi connectivity index (χ3n) is 0. The third kappa shape index (κ3) is 8.97. The second-order valence-corrected chi connectivity index (χ2v) is 0. The first-order valence-electron chi connectivity index (χ1n) is 0.500. The van der Waals surface area contributed by atoms with Crippen molar-refractivity contribution in [1.29, 1.82) is 0 Å². The first-order chi connectivity index (χ1) is 1.00. The Morgan fingerprint density at radius 1 is 1.25 bits per heavy atom. The van der Waals surface area contributed by atoms with E-state index in [-0.39, 0.29) is 40.9 Å². The molecule has 0 bridgehead atoms. The van der Waals surface area contributed by atoms with Crippen molar-refractivity contribution in [2.45, 2.75) is 5.23 Å². The quantitative estimate of drug-likeness (QED) is 0.509. The number of rotatable bonds is 0. The minimum atomic E-state index is 0. The van der Waals surface area contributed by atoms with Crippen LogP contribution in [0.3, 0.4) is 0 Å². The zero-order valence-electron chi connectivity index (χ0n) is 2.39. The SMILES string of the molecule is [CH3][Ti].[Nb].[V]. The van der Waals surface area contributed by atoms with Crippen LogP contribution in [0.1, 0.15) is 0 Å². The second kappa shape index (κ2) is 19.8. The van der Waals surface area contributed by atoms with Crippen LogP contribution >= 0.6 is 0 Å². The van der Waals surface area contributed by atoms with Crippen molar-refractivity contribution in [3.05, 3.63) is 0 Å². The molecule has 3 heteroatoms. The van der Waals surface area contributed by atoms with E-state index in [1.807, 2.05) is 25.7 Å². The molecule has 0 aliphatic rings. The van der Waals surface area contributed by atoms with E-state index in [0.29, 0.717) is 0 Å². The molecule has 21 valence electrons. The van der Waals surface area contributed by atoms with Gasteiger partial charge in [0, 0.05) is 40.9 Å². The van der Waals surface area contributed by atoms with E-state index >= 15 is 0 Å². The van der Waals surface area contributed by atoms with Crippen molar-refractivity contribution in [2.24, 2.45) is 0 Å². The summed E-state index contributed by atoms with van der Waals surface area (Å²) in [5.41, 5.74) is 0. The molecule has 0 heterocycles. The minimum Gasteiger partial charge on any atom is 0 e. The summed E-state index contributed by atoms with van der Waals surface area (Å²) < 4.78 is 0. The van der Waals surface area contributed by atoms with Crippen LogP contribution in [0.25, 0.3) is 0 Å². The van der Waals surface area contributed by atoms with Gasteiger partial charge in [-0.25, -0.2) is 0 Å². The third-order valence-corrected chi connectivity index (χ3v) is 0. The maximum atomic E-state index is 2.00. The van der Waals surface area contributed by atoms with Gasteiger partial charge in [-0.05, 0) is 0 Å². The molecule has 0 aromatic heterocycles. The summed E-state index contributed by atoms with van der Waals surface area (Å²) in [5.74, 6) is 0. The Kier molecular flexibility index (Phi) is 82.1. The summed E-state index contributed by atoms with van der Waals surface area (Å²) in [6, 6.07) is 0. The zero-order valence-corrected chi connectivity index (χ0v) is 7.55. The van der Waals surface area contributed by atoms with Crippen LogP contribution in [0.5, 0.6) is 0 Å². The normalized spacial score (nSPS) is 1.00. The molecule has 0 aromatic carbocycles. The van der Waals surface area contributed by atoms with Crippen molar-refractivity contribution < 1.29 is 61.4 Å². The van der Waals surface area contributed by atoms with Gasteiger partial charge < -0.3 is 0 Å². The van der Waals surface area contributed by atoms with Crippen LogP contribution in [0.2, 0.25) is 5.23 Å². The predicted octanol–water partition coefficient (Wildman–Crippen LogP) is 0.576. The van der Waals surface area contributed by atoms with Crippen molar-refractivity contribution in [3.8, 4) is 0 Å². The van der Waals surface area contributed by atoms with Gasteiger partial charge in [-0.1, -0.05) is 0 Å². The van der Waals surface area contributed by atoms with Gasteiger partial charge in [-0.2, -0.15) is 0 Å². The zero-order chi connectivity index (χ0) is 2.00. The van der Waals surface area contributed by atoms with Gasteiger partial charge in [0.2, 0.25) is 0 Å². The Morgan fingerprint density at radius 2 is 1.25 bits per heavy atom. The van der Waals surface area contributed by atoms with Crippen molar-refractivity contribution in [1.82, 2.24) is 0 Å². The summed E-state index contributed by atoms with van der Waals surface area (Å²) in [7, 11) is 0. The fourth-order valence-corrected chi connectivity index (χ4v) is 0. The molecule has 0 saturated heterocycles. The second-order valence-electron chi connectivity index (χ2n) is 0. The molecule has 0 nitrogen and oxygen atoms in total. The molecular weight excluding hydrogens is 204 g/mol. The Balaban J connectivity index is -0.00000000500. The molecule has 0 atom stereocenters. The monoisotopic (exact) mass is 207 g/mol. The van der Waals surface area contributed by atoms with Crippen LogP contribution in [0.4, 0.5) is 0 Å². The standard InChI is InChI=1S/CH3.Nb.Ti.V/h1H3;;;. The molecule has 0 aliphatic carbocycles. The van der Waals surface area contributed by atoms with Gasteiger partial charge in [-0.3, -0.25) is 0 Å². The molecule has 0 aliphatic heterocycles. The van der Waals surface area contributed by atoms with E-state index in [4.69, 9.17) is 0 Å². The summed E-state index contributed by atoms with van der Waals surface area (Å²) >= 11 is 2.00. The molecular formula is CH3NbTiV. The van der Waals surface area contributed by atoms with Gasteiger partial charge in [0.25, 0.3) is 0 Å². The molecule has 0 saturated carbocycles. The molecule has 0 fully saturated rings. The van der Waals surface area contributed by atoms with Gasteiger partial charge in [0.05, 0.1) is 0 Å². The molecule has 0 N–H and O–H groups in total. The van der Waals surface area contributed by atoms with Crippen LogP contribution < -0.4 is 0 Å². The van der Waals surface area contributed by atoms with E-state index in [0.717, 1.165) is 0 Å². The summed E-state index contributed by atoms with van der Waals surface area (Å²) in [5, 5.41) is 2.00. The molecule has 0 rings (SSSR count). The fourth-order valence-electron chi connectivity index (χ4n) is 0. The van der Waals surface area contributed by atoms with Gasteiger partial charge >= 0.3 is 25.7 Å². The molecule has 0 spiro atoms. The van der Waals surface area contributed by atoms with Gasteiger partial charge in [0.1, 0.15) is 0 Å². The van der Waals surface area contributed by atoms with E-state index in [9.17, 15) is 0 Å². The summed E-state index contributed by atoms with van der Waals surface area (Å²) in [4.78, 5) is 0. The van der Waals surface area contributed by atoms with Crippen molar-refractivity contribution in [2.75, 3.05) is 0 Å². The first kappa shape index (κ1) is 16.6. The topological polar surface area (TPSA) is 0 Å². The molecule has 4 heavy (non-hydrogen) atoms. The average Bonchev–Trinajstić information content (AvgIpc) is 1.00. The number of hydrogen-bond acceptors (Lipinski definition) is 0. The Hall–Kier alpha value is 2.04. The maximum Gasteiger partial charge on any atom is 0 e. The van der Waals surface area contributed by atoms with E-state index < -0.39 is 0 Å². The van der Waals surface area contributed by atoms with E-state index in [2.05, 4.69) is 0 Å². The molecule has 0 aromatic rings. The van der Waals surface area contributed by atoms with Crippen LogP contribution in [0, 0.1) is 0 Å². The smallest absolute Gasteiger partial charge is 0 e. The number of hydrogen-bond donors (Lipinski definition) is 0. The van der Waals surface area contributed by atoms with Crippen molar-refractivity contribution >= 4 is 0 Å². The Bertz CT molecular complexity index is 8.00. The van der Waals surface area contributed by atoms with E-state index in [1.165, 1.54) is 0 Å². The maximum absolute atomic E-state index is 2.00. The van der Waals surface area contributed by atoms with Crippen LogP contribution in [-0.4, -0.2) is 0 Å². The first-order valence-corrected chi connectivity index (χ1v) is 2.06. The molecule has 0 unspecified atom stereocenters. The summed E-state index contributed by atoms with van der Waals surface area (Å²) in [6.07, 6.45) is 0. The van der Waals surface area contributed by atoms with Gasteiger partial charge in [0.15, 0.2) is 0 Å². The molecule has 0 amide bonds. The van der Waals surface area contributed by atoms with E-state index in [1.54, 1.807) is 0 Å². The van der Waals surface area contributed by atoms with Crippen molar-refractivity contribution in [3.63, 3.8) is 0 Å². The van der Waals surface area contributed by atoms with Crippen LogP contribution in [0.15, 0.2) is 0 Å². The van der Waals surface area contributed by atoms with Gasteiger partial charge in [-0.15, -0.1) is 0 Å². The fraction of sp³-hybridized carbons (Fsp3) is 1.00. The summed E-state index contributed by atoms with van der Waals surface area (Å²) in [6.45, 7) is 0. The minimum absolute atomic E-state index is 0. The predicted molar refractivity (Wildman–Crippen MR) is 5.86 cm³/mol. The average molecular weight is 207 g/mol. The Labute approximate surface area is 65.9 Å². The largest absolute Gasteiger partial charge is 0 e. The Morgan fingerprint density at radius 3 is 1.25 bits per heavy atom. The molecule has 2 radical (unpaired) electrons.